The normalized spacial score (nSPS) is 10.5. The van der Waals surface area contributed by atoms with Gasteiger partial charge in [0.05, 0.1) is 5.02 Å². The van der Waals surface area contributed by atoms with E-state index >= 15 is 0 Å². The first-order valence-electron chi connectivity index (χ1n) is 6.02. The highest BCUT2D eigenvalue weighted by molar-refractivity contribution is 6.34. The Hall–Kier alpha value is -1.22. The summed E-state index contributed by atoms with van der Waals surface area (Å²) >= 11 is 12.0. The number of hydrogen-bond donors (Lipinski definition) is 1. The van der Waals surface area contributed by atoms with Crippen molar-refractivity contribution in [1.82, 2.24) is 0 Å². The predicted molar refractivity (Wildman–Crippen MR) is 80.5 cm³/mol. The fourth-order valence-electron chi connectivity index (χ4n) is 1.75. The van der Waals surface area contributed by atoms with Gasteiger partial charge in [0.2, 0.25) is 0 Å². The molecule has 100 valence electrons. The molecule has 0 heterocycles. The molecule has 0 radical (unpaired) electrons. The van der Waals surface area contributed by atoms with Crippen molar-refractivity contribution in [1.29, 1.82) is 0 Å². The lowest BCUT2D eigenvalue weighted by molar-refractivity contribution is 0.478. The van der Waals surface area contributed by atoms with Crippen molar-refractivity contribution < 1.29 is 4.74 Å². The molecule has 0 bridgehead atoms. The zero-order valence-electron chi connectivity index (χ0n) is 10.6. The Morgan fingerprint density at radius 1 is 1.05 bits per heavy atom. The summed E-state index contributed by atoms with van der Waals surface area (Å²) in [5.74, 6) is 1.33. The molecule has 0 fully saturated rings. The number of nitrogens with two attached hydrogens (primary N) is 1. The van der Waals surface area contributed by atoms with E-state index < -0.39 is 0 Å². The zero-order chi connectivity index (χ0) is 13.8. The van der Waals surface area contributed by atoms with Crippen molar-refractivity contribution in [2.75, 3.05) is 6.54 Å². The van der Waals surface area contributed by atoms with Crippen molar-refractivity contribution in [3.05, 3.63) is 57.6 Å². The fraction of sp³-hybridized carbons (Fsp3) is 0.200. The first-order chi connectivity index (χ1) is 9.10. The summed E-state index contributed by atoms with van der Waals surface area (Å²) in [6.45, 7) is 2.60. The third kappa shape index (κ3) is 3.63. The van der Waals surface area contributed by atoms with Gasteiger partial charge in [-0.2, -0.15) is 0 Å². The summed E-state index contributed by atoms with van der Waals surface area (Å²) in [7, 11) is 0. The van der Waals surface area contributed by atoms with Crippen LogP contribution in [0.1, 0.15) is 11.1 Å². The highest BCUT2D eigenvalue weighted by atomic mass is 35.5. The van der Waals surface area contributed by atoms with E-state index in [0.717, 1.165) is 23.3 Å². The summed E-state index contributed by atoms with van der Waals surface area (Å²) in [6.07, 6.45) is 0.819. The molecule has 2 rings (SSSR count). The summed E-state index contributed by atoms with van der Waals surface area (Å²) in [5.41, 5.74) is 7.74. The van der Waals surface area contributed by atoms with E-state index in [1.807, 2.05) is 19.1 Å². The number of benzene rings is 2. The van der Waals surface area contributed by atoms with Crippen LogP contribution < -0.4 is 10.5 Å². The molecule has 0 atom stereocenters. The van der Waals surface area contributed by atoms with Crippen molar-refractivity contribution in [2.45, 2.75) is 13.3 Å². The average molecular weight is 296 g/mol. The zero-order valence-corrected chi connectivity index (χ0v) is 12.1. The minimum Gasteiger partial charge on any atom is -0.455 e. The second-order valence-electron chi connectivity index (χ2n) is 4.32. The van der Waals surface area contributed by atoms with Gasteiger partial charge in [-0.25, -0.2) is 0 Å². The van der Waals surface area contributed by atoms with Gasteiger partial charge < -0.3 is 10.5 Å². The lowest BCUT2D eigenvalue weighted by atomic mass is 10.1. The van der Waals surface area contributed by atoms with Gasteiger partial charge in [0.1, 0.15) is 11.5 Å². The lowest BCUT2D eigenvalue weighted by Gasteiger charge is -2.12. The molecule has 2 N–H and O–H groups in total. The average Bonchev–Trinajstić information content (AvgIpc) is 2.38. The molecule has 2 aromatic carbocycles. The molecule has 0 unspecified atom stereocenters. The van der Waals surface area contributed by atoms with Crippen LogP contribution >= 0.6 is 23.2 Å². The maximum Gasteiger partial charge on any atom is 0.147 e. The van der Waals surface area contributed by atoms with E-state index in [1.54, 1.807) is 18.2 Å². The number of hydrogen-bond acceptors (Lipinski definition) is 2. The second kappa shape index (κ2) is 6.29. The van der Waals surface area contributed by atoms with Crippen molar-refractivity contribution >= 4 is 23.2 Å². The first-order valence-corrected chi connectivity index (χ1v) is 6.78. The SMILES string of the molecule is Cc1ccc(CCN)cc1Oc1cc(Cl)ccc1Cl. The Kier molecular flexibility index (Phi) is 4.70. The molecule has 0 aliphatic carbocycles. The molecule has 0 amide bonds. The lowest BCUT2D eigenvalue weighted by Crippen LogP contribution is -2.03. The third-order valence-corrected chi connectivity index (χ3v) is 3.35. The fourth-order valence-corrected chi connectivity index (χ4v) is 2.07. The van der Waals surface area contributed by atoms with E-state index in [9.17, 15) is 0 Å². The van der Waals surface area contributed by atoms with Gasteiger partial charge >= 0.3 is 0 Å². The van der Waals surface area contributed by atoms with Crippen LogP contribution in [0.3, 0.4) is 0 Å². The number of aryl methyl sites for hydroxylation is 1. The molecule has 2 nitrogen and oxygen atoms in total. The standard InChI is InChI=1S/C15H15Cl2NO/c1-10-2-3-11(6-7-18)8-14(10)19-15-9-12(16)4-5-13(15)17/h2-5,8-9H,6-7,18H2,1H3. The molecule has 0 spiro atoms. The van der Waals surface area contributed by atoms with Crippen molar-refractivity contribution in [3.63, 3.8) is 0 Å². The van der Waals surface area contributed by atoms with Crippen LogP contribution in [0, 0.1) is 6.92 Å². The van der Waals surface area contributed by atoms with E-state index in [0.29, 0.717) is 22.3 Å². The number of rotatable bonds is 4. The van der Waals surface area contributed by atoms with Gasteiger partial charge in [-0.05, 0) is 49.2 Å². The molecule has 0 saturated heterocycles. The Morgan fingerprint density at radius 3 is 2.58 bits per heavy atom. The predicted octanol–water partition coefficient (Wildman–Crippen LogP) is 4.60. The van der Waals surface area contributed by atoms with Crippen molar-refractivity contribution in [2.24, 2.45) is 5.73 Å². The topological polar surface area (TPSA) is 35.2 Å². The smallest absolute Gasteiger partial charge is 0.147 e. The Labute approximate surface area is 123 Å². The van der Waals surface area contributed by atoms with Gasteiger partial charge in [0.15, 0.2) is 0 Å². The quantitative estimate of drug-likeness (QED) is 0.895. The largest absolute Gasteiger partial charge is 0.455 e. The molecule has 0 aromatic heterocycles. The second-order valence-corrected chi connectivity index (χ2v) is 5.16. The molecule has 0 aliphatic rings. The number of halogens is 2. The van der Waals surface area contributed by atoms with Crippen LogP contribution in [0.5, 0.6) is 11.5 Å². The maximum absolute atomic E-state index is 6.10. The van der Waals surface area contributed by atoms with E-state index in [2.05, 4.69) is 6.07 Å². The van der Waals surface area contributed by atoms with Crippen LogP contribution in [0.25, 0.3) is 0 Å². The summed E-state index contributed by atoms with van der Waals surface area (Å²) < 4.78 is 5.85. The monoisotopic (exact) mass is 295 g/mol. The Bertz CT molecular complexity index is 584. The van der Waals surface area contributed by atoms with Gasteiger partial charge in [0, 0.05) is 11.1 Å². The van der Waals surface area contributed by atoms with Gasteiger partial charge in [-0.3, -0.25) is 0 Å². The first kappa shape index (κ1) is 14.2. The van der Waals surface area contributed by atoms with Gasteiger partial charge in [-0.15, -0.1) is 0 Å². The van der Waals surface area contributed by atoms with Crippen LogP contribution in [0.4, 0.5) is 0 Å². The summed E-state index contributed by atoms with van der Waals surface area (Å²) in [4.78, 5) is 0. The molecule has 4 heteroatoms. The highest BCUT2D eigenvalue weighted by Crippen LogP contribution is 2.33. The molecule has 0 aliphatic heterocycles. The summed E-state index contributed by atoms with van der Waals surface area (Å²) in [5, 5.41) is 1.13. The molecular weight excluding hydrogens is 281 g/mol. The minimum atomic E-state index is 0.535. The van der Waals surface area contributed by atoms with E-state index in [1.165, 1.54) is 0 Å². The minimum absolute atomic E-state index is 0.535. The van der Waals surface area contributed by atoms with Gasteiger partial charge in [0.25, 0.3) is 0 Å². The molecular formula is C15H15Cl2NO. The van der Waals surface area contributed by atoms with Crippen LogP contribution in [0.15, 0.2) is 36.4 Å². The molecule has 19 heavy (non-hydrogen) atoms. The maximum atomic E-state index is 6.10. The summed E-state index contributed by atoms with van der Waals surface area (Å²) in [6, 6.07) is 11.2. The molecule has 0 saturated carbocycles. The highest BCUT2D eigenvalue weighted by Gasteiger charge is 2.07. The van der Waals surface area contributed by atoms with Crippen LogP contribution in [-0.2, 0) is 6.42 Å². The third-order valence-electron chi connectivity index (χ3n) is 2.80. The van der Waals surface area contributed by atoms with E-state index in [-0.39, 0.29) is 0 Å². The molecule has 2 aromatic rings. The Morgan fingerprint density at radius 2 is 1.84 bits per heavy atom. The van der Waals surface area contributed by atoms with Crippen LogP contribution in [-0.4, -0.2) is 6.54 Å². The van der Waals surface area contributed by atoms with Crippen LogP contribution in [0.2, 0.25) is 10.0 Å². The van der Waals surface area contributed by atoms with E-state index in [4.69, 9.17) is 33.7 Å². The van der Waals surface area contributed by atoms with Crippen molar-refractivity contribution in [3.8, 4) is 11.5 Å². The van der Waals surface area contributed by atoms with Gasteiger partial charge in [-0.1, -0.05) is 35.3 Å². The number of ether oxygens (including phenoxy) is 1. The Balaban J connectivity index is 2.31.